The summed E-state index contributed by atoms with van der Waals surface area (Å²) in [7, 11) is 0. The van der Waals surface area contributed by atoms with Crippen molar-refractivity contribution in [2.24, 2.45) is 0 Å². The molecular weight excluding hydrogens is 104 g/mol. The Morgan fingerprint density at radius 3 is 0.857 bits per heavy atom. The fourth-order valence-corrected chi connectivity index (χ4v) is 0. The SMILES string of the molecule is C.O.O.O.O=C=O. The molecular formula is C2H10O5. The molecule has 0 aromatic heterocycles. The van der Waals surface area contributed by atoms with Gasteiger partial charge in [0, 0.05) is 0 Å². The zero-order valence-electron chi connectivity index (χ0n) is 2.82. The maximum atomic E-state index is 8.12. The highest BCUT2D eigenvalue weighted by atomic mass is 16.2. The molecule has 0 saturated heterocycles. The zero-order chi connectivity index (χ0) is 2.71. The molecule has 0 saturated carbocycles. The second kappa shape index (κ2) is 1410. The maximum absolute atomic E-state index is 8.12. The lowest BCUT2D eigenvalue weighted by Crippen LogP contribution is -1.22. The summed E-state index contributed by atoms with van der Waals surface area (Å²) in [6.07, 6.45) is 0.250. The third-order valence-corrected chi connectivity index (χ3v) is 0. The van der Waals surface area contributed by atoms with Crippen molar-refractivity contribution in [2.45, 2.75) is 7.43 Å². The van der Waals surface area contributed by atoms with Crippen molar-refractivity contribution < 1.29 is 26.0 Å². The molecule has 0 aromatic rings. The maximum Gasteiger partial charge on any atom is 0.373 e. The predicted octanol–water partition coefficient (Wildman–Crippen LogP) is -2.42. The molecule has 0 aliphatic rings. The van der Waals surface area contributed by atoms with Gasteiger partial charge in [0.1, 0.15) is 0 Å². The smallest absolute Gasteiger partial charge is 0.373 e. The first kappa shape index (κ1) is 109. The highest BCUT2D eigenvalue weighted by Gasteiger charge is 1.13. The van der Waals surface area contributed by atoms with Crippen molar-refractivity contribution in [3.05, 3.63) is 0 Å². The van der Waals surface area contributed by atoms with Crippen molar-refractivity contribution in [1.82, 2.24) is 0 Å². The van der Waals surface area contributed by atoms with Gasteiger partial charge in [-0.2, -0.15) is 9.59 Å². The van der Waals surface area contributed by atoms with Gasteiger partial charge in [-0.1, -0.05) is 7.43 Å². The number of hydrogen-bond donors (Lipinski definition) is 0. The average molecular weight is 114 g/mol. The molecule has 0 aliphatic heterocycles. The third kappa shape index (κ3) is 102. The second-order valence-corrected chi connectivity index (χ2v) is 0.0833. The lowest BCUT2D eigenvalue weighted by atomic mass is 11.8. The van der Waals surface area contributed by atoms with Crippen LogP contribution in [0.5, 0.6) is 0 Å². The number of rotatable bonds is 0. The van der Waals surface area contributed by atoms with E-state index < -0.39 is 0 Å². The van der Waals surface area contributed by atoms with Crippen LogP contribution in [-0.2, 0) is 9.59 Å². The molecule has 0 aliphatic carbocycles. The molecule has 5 heteroatoms. The third-order valence-electron chi connectivity index (χ3n) is 0. The van der Waals surface area contributed by atoms with Crippen LogP contribution in [0.2, 0.25) is 0 Å². The lowest BCUT2D eigenvalue weighted by molar-refractivity contribution is -0.191. The van der Waals surface area contributed by atoms with Crippen molar-refractivity contribution in [3.63, 3.8) is 0 Å². The molecule has 0 atom stereocenters. The van der Waals surface area contributed by atoms with Gasteiger partial charge in [-0.3, -0.25) is 0 Å². The molecule has 7 heavy (non-hydrogen) atoms. The van der Waals surface area contributed by atoms with E-state index in [2.05, 4.69) is 0 Å². The van der Waals surface area contributed by atoms with Crippen molar-refractivity contribution in [1.29, 1.82) is 0 Å². The van der Waals surface area contributed by atoms with Gasteiger partial charge >= 0.3 is 6.15 Å². The van der Waals surface area contributed by atoms with Gasteiger partial charge in [0.15, 0.2) is 0 Å². The summed E-state index contributed by atoms with van der Waals surface area (Å²) in [5, 5.41) is 0. The number of hydrogen-bond acceptors (Lipinski definition) is 2. The van der Waals surface area contributed by atoms with Gasteiger partial charge in [0.05, 0.1) is 0 Å². The fraction of sp³-hybridized carbons (Fsp3) is 0.500. The molecule has 0 aromatic carbocycles. The van der Waals surface area contributed by atoms with Crippen LogP contribution in [0.25, 0.3) is 0 Å². The summed E-state index contributed by atoms with van der Waals surface area (Å²) >= 11 is 0. The largest absolute Gasteiger partial charge is 0.412 e. The first-order chi connectivity index (χ1) is 1.41. The Morgan fingerprint density at radius 1 is 0.857 bits per heavy atom. The van der Waals surface area contributed by atoms with E-state index in [1.807, 2.05) is 0 Å². The van der Waals surface area contributed by atoms with Gasteiger partial charge in [-0.25, -0.2) is 0 Å². The Hall–Kier alpha value is -0.740. The molecule has 0 bridgehead atoms. The summed E-state index contributed by atoms with van der Waals surface area (Å²) in [5.74, 6) is 0. The molecule has 0 spiro atoms. The first-order valence-corrected chi connectivity index (χ1v) is 0.408. The molecule has 0 amide bonds. The quantitative estimate of drug-likeness (QED) is 0.347. The van der Waals surface area contributed by atoms with Gasteiger partial charge in [0.25, 0.3) is 0 Å². The Balaban J connectivity index is -0.00000000333. The Kier molecular flexibility index (Phi) is 22000. The highest BCUT2D eigenvalue weighted by molar-refractivity contribution is 5.20. The van der Waals surface area contributed by atoms with E-state index in [4.69, 9.17) is 9.59 Å². The van der Waals surface area contributed by atoms with Crippen LogP contribution in [-0.4, -0.2) is 22.6 Å². The van der Waals surface area contributed by atoms with Crippen LogP contribution in [0, 0.1) is 0 Å². The predicted molar refractivity (Wildman–Crippen MR) is 22.6 cm³/mol. The summed E-state index contributed by atoms with van der Waals surface area (Å²) in [6.45, 7) is 0. The molecule has 6 N–H and O–H groups in total. The normalized spacial score (nSPS) is 1.14. The Bertz CT molecular complexity index is 27.1. The van der Waals surface area contributed by atoms with Gasteiger partial charge in [0.2, 0.25) is 0 Å². The molecule has 48 valence electrons. The monoisotopic (exact) mass is 114 g/mol. The van der Waals surface area contributed by atoms with Gasteiger partial charge in [-0.05, 0) is 0 Å². The van der Waals surface area contributed by atoms with Crippen LogP contribution in [0.4, 0.5) is 0 Å². The highest BCUT2D eigenvalue weighted by Crippen LogP contribution is 0.787. The zero-order valence-corrected chi connectivity index (χ0v) is 2.82. The van der Waals surface area contributed by atoms with Gasteiger partial charge < -0.3 is 16.4 Å². The Labute approximate surface area is 40.9 Å². The summed E-state index contributed by atoms with van der Waals surface area (Å²) < 4.78 is 0. The minimum atomic E-state index is 0. The minimum absolute atomic E-state index is 0. The molecule has 0 rings (SSSR count). The van der Waals surface area contributed by atoms with Crippen LogP contribution in [0.3, 0.4) is 0 Å². The molecule has 0 heterocycles. The standard InChI is InChI=1S/CO2.CH4.3H2O/c2-1-3;;;;/h;1H4;3*1H2. The Morgan fingerprint density at radius 2 is 0.857 bits per heavy atom. The topological polar surface area (TPSA) is 129 Å². The molecule has 0 fully saturated rings. The van der Waals surface area contributed by atoms with Crippen LogP contribution < -0.4 is 0 Å². The first-order valence-electron chi connectivity index (χ1n) is 0.408. The van der Waals surface area contributed by atoms with Crippen LogP contribution >= 0.6 is 0 Å². The van der Waals surface area contributed by atoms with Gasteiger partial charge in [-0.15, -0.1) is 0 Å². The van der Waals surface area contributed by atoms with E-state index in [0.717, 1.165) is 0 Å². The van der Waals surface area contributed by atoms with Crippen molar-refractivity contribution >= 4 is 6.15 Å². The molecule has 5 nitrogen and oxygen atoms in total. The van der Waals surface area contributed by atoms with Crippen molar-refractivity contribution in [2.75, 3.05) is 0 Å². The van der Waals surface area contributed by atoms with E-state index in [0.29, 0.717) is 0 Å². The average Bonchev–Trinajstić information content (AvgIpc) is 0.918. The van der Waals surface area contributed by atoms with Crippen molar-refractivity contribution in [3.8, 4) is 0 Å². The summed E-state index contributed by atoms with van der Waals surface area (Å²) in [5.41, 5.74) is 0. The summed E-state index contributed by atoms with van der Waals surface area (Å²) in [6, 6.07) is 0. The van der Waals surface area contributed by atoms with E-state index in [9.17, 15) is 0 Å². The molecule has 0 unspecified atom stereocenters. The second-order valence-electron chi connectivity index (χ2n) is 0.0833. The van der Waals surface area contributed by atoms with E-state index in [-0.39, 0.29) is 30.0 Å². The van der Waals surface area contributed by atoms with E-state index in [1.54, 1.807) is 0 Å². The minimum Gasteiger partial charge on any atom is -0.412 e. The van der Waals surface area contributed by atoms with Crippen LogP contribution in [0.15, 0.2) is 0 Å². The lowest BCUT2D eigenvalue weighted by Gasteiger charge is -0.945. The summed E-state index contributed by atoms with van der Waals surface area (Å²) in [4.78, 5) is 16.2. The van der Waals surface area contributed by atoms with E-state index >= 15 is 0 Å². The fourth-order valence-electron chi connectivity index (χ4n) is 0. The van der Waals surface area contributed by atoms with Crippen LogP contribution in [0.1, 0.15) is 7.43 Å². The number of carbonyl (C=O) groups excluding carboxylic acids is 2. The molecule has 0 radical (unpaired) electrons. The van der Waals surface area contributed by atoms with E-state index in [1.165, 1.54) is 0 Å².